The number of anilines is 1. The fourth-order valence-corrected chi connectivity index (χ4v) is 3.39. The van der Waals surface area contributed by atoms with Gasteiger partial charge in [0.25, 0.3) is 0 Å². The average molecular weight is 382 g/mol. The van der Waals surface area contributed by atoms with E-state index in [4.69, 9.17) is 4.74 Å². The van der Waals surface area contributed by atoms with Crippen molar-refractivity contribution in [2.24, 2.45) is 7.05 Å². The Morgan fingerprint density at radius 1 is 1.11 bits per heavy atom. The number of hydrogen-bond acceptors (Lipinski definition) is 5. The molecule has 27 heavy (non-hydrogen) atoms. The number of amides is 1. The average Bonchev–Trinajstić information content (AvgIpc) is 3.05. The molecule has 0 spiro atoms. The minimum atomic E-state index is -0.0305. The summed E-state index contributed by atoms with van der Waals surface area (Å²) in [6.07, 6.45) is 0.394. The zero-order valence-electron chi connectivity index (χ0n) is 15.4. The maximum Gasteiger partial charge on any atom is 0.225 e. The summed E-state index contributed by atoms with van der Waals surface area (Å²) in [7, 11) is 1.94. The summed E-state index contributed by atoms with van der Waals surface area (Å²) >= 11 is 1.52. The second-order valence-corrected chi connectivity index (χ2v) is 6.90. The number of aromatic nitrogens is 3. The zero-order valence-corrected chi connectivity index (χ0v) is 16.2. The Bertz CT molecular complexity index is 879. The van der Waals surface area contributed by atoms with Crippen LogP contribution in [-0.2, 0) is 11.8 Å². The minimum absolute atomic E-state index is 0.0305. The summed E-state index contributed by atoms with van der Waals surface area (Å²) < 4.78 is 7.34. The van der Waals surface area contributed by atoms with E-state index < -0.39 is 0 Å². The van der Waals surface area contributed by atoms with Gasteiger partial charge in [-0.05, 0) is 31.2 Å². The summed E-state index contributed by atoms with van der Waals surface area (Å²) in [5.41, 5.74) is 1.78. The highest BCUT2D eigenvalue weighted by Gasteiger charge is 2.11. The molecule has 0 unspecified atom stereocenters. The quantitative estimate of drug-likeness (QED) is 0.596. The molecule has 140 valence electrons. The van der Waals surface area contributed by atoms with Crippen molar-refractivity contribution in [1.29, 1.82) is 0 Å². The van der Waals surface area contributed by atoms with Gasteiger partial charge in [0.15, 0.2) is 11.0 Å². The van der Waals surface area contributed by atoms with Gasteiger partial charge in [-0.3, -0.25) is 4.79 Å². The van der Waals surface area contributed by atoms with Crippen LogP contribution in [0, 0.1) is 0 Å². The summed E-state index contributed by atoms with van der Waals surface area (Å²) in [5.74, 6) is 2.21. The number of carbonyl (C=O) groups excluding carboxylic acids is 1. The summed E-state index contributed by atoms with van der Waals surface area (Å²) in [4.78, 5) is 12.1. The fourth-order valence-electron chi connectivity index (χ4n) is 2.54. The van der Waals surface area contributed by atoms with Gasteiger partial charge in [-0.15, -0.1) is 10.2 Å². The number of nitrogens with zero attached hydrogens (tertiary/aromatic N) is 3. The first kappa shape index (κ1) is 19.0. The van der Waals surface area contributed by atoms with E-state index in [1.165, 1.54) is 11.8 Å². The van der Waals surface area contributed by atoms with Gasteiger partial charge >= 0.3 is 0 Å². The summed E-state index contributed by atoms with van der Waals surface area (Å²) in [6.45, 7) is 2.56. The van der Waals surface area contributed by atoms with E-state index in [9.17, 15) is 4.79 Å². The van der Waals surface area contributed by atoms with E-state index in [2.05, 4.69) is 15.5 Å². The Morgan fingerprint density at radius 3 is 2.56 bits per heavy atom. The molecule has 1 N–H and O–H groups in total. The monoisotopic (exact) mass is 382 g/mol. The molecule has 3 rings (SSSR count). The lowest BCUT2D eigenvalue weighted by Gasteiger charge is -2.07. The predicted molar refractivity (Wildman–Crippen MR) is 108 cm³/mol. The molecule has 0 saturated heterocycles. The van der Waals surface area contributed by atoms with Crippen molar-refractivity contribution in [1.82, 2.24) is 14.8 Å². The first-order chi connectivity index (χ1) is 13.2. The van der Waals surface area contributed by atoms with E-state index in [1.54, 1.807) is 0 Å². The first-order valence-electron chi connectivity index (χ1n) is 8.77. The van der Waals surface area contributed by atoms with Gasteiger partial charge in [-0.1, -0.05) is 42.1 Å². The van der Waals surface area contributed by atoms with Gasteiger partial charge < -0.3 is 14.6 Å². The van der Waals surface area contributed by atoms with Crippen LogP contribution in [0.25, 0.3) is 11.4 Å². The van der Waals surface area contributed by atoms with Crippen molar-refractivity contribution in [2.45, 2.75) is 18.5 Å². The topological polar surface area (TPSA) is 69.0 Å². The van der Waals surface area contributed by atoms with Crippen molar-refractivity contribution in [3.05, 3.63) is 54.6 Å². The second-order valence-electron chi connectivity index (χ2n) is 5.84. The largest absolute Gasteiger partial charge is 0.494 e. The third-order valence-electron chi connectivity index (χ3n) is 3.88. The van der Waals surface area contributed by atoms with Crippen LogP contribution in [-0.4, -0.2) is 33.0 Å². The Hall–Kier alpha value is -2.80. The maximum absolute atomic E-state index is 12.1. The van der Waals surface area contributed by atoms with Gasteiger partial charge in [-0.25, -0.2) is 0 Å². The van der Waals surface area contributed by atoms with Gasteiger partial charge in [-0.2, -0.15) is 0 Å². The fraction of sp³-hybridized carbons (Fsp3) is 0.250. The third kappa shape index (κ3) is 5.10. The van der Waals surface area contributed by atoms with Gasteiger partial charge in [0.05, 0.1) is 6.61 Å². The summed E-state index contributed by atoms with van der Waals surface area (Å²) in [6, 6.07) is 17.3. The van der Waals surface area contributed by atoms with Crippen LogP contribution >= 0.6 is 11.8 Å². The predicted octanol–water partition coefficient (Wildman–Crippen LogP) is 4.00. The smallest absolute Gasteiger partial charge is 0.225 e. The molecule has 0 atom stereocenters. The molecule has 6 nitrogen and oxygen atoms in total. The molecule has 1 amide bonds. The molecule has 1 heterocycles. The highest BCUT2D eigenvalue weighted by molar-refractivity contribution is 7.99. The summed E-state index contributed by atoms with van der Waals surface area (Å²) in [5, 5.41) is 12.2. The Morgan fingerprint density at radius 2 is 1.85 bits per heavy atom. The molecule has 0 aliphatic heterocycles. The number of rotatable bonds is 8. The second kappa shape index (κ2) is 9.23. The molecule has 0 bridgehead atoms. The van der Waals surface area contributed by atoms with Crippen LogP contribution in [0.4, 0.5) is 5.69 Å². The normalized spacial score (nSPS) is 10.6. The first-order valence-corrected chi connectivity index (χ1v) is 9.76. The maximum atomic E-state index is 12.1. The lowest BCUT2D eigenvalue weighted by atomic mass is 10.2. The Kier molecular flexibility index (Phi) is 6.49. The van der Waals surface area contributed by atoms with Gasteiger partial charge in [0, 0.05) is 30.5 Å². The standard InChI is InChI=1S/C20H22N4O2S/c1-3-26-17-11-9-16(10-12-17)21-18(25)13-14-27-20-23-22-19(24(20)2)15-7-5-4-6-8-15/h4-12H,3,13-14H2,1-2H3,(H,21,25). The van der Waals surface area contributed by atoms with Crippen LogP contribution in [0.5, 0.6) is 5.75 Å². The van der Waals surface area contributed by atoms with E-state index in [0.717, 1.165) is 28.0 Å². The van der Waals surface area contributed by atoms with Gasteiger partial charge in [0.2, 0.25) is 5.91 Å². The van der Waals surface area contributed by atoms with E-state index in [0.29, 0.717) is 18.8 Å². The van der Waals surface area contributed by atoms with Crippen molar-refractivity contribution in [3.63, 3.8) is 0 Å². The molecule has 0 aliphatic rings. The minimum Gasteiger partial charge on any atom is -0.494 e. The number of hydrogen-bond donors (Lipinski definition) is 1. The van der Waals surface area contributed by atoms with E-state index >= 15 is 0 Å². The molecule has 7 heteroatoms. The molecular formula is C20H22N4O2S. The van der Waals surface area contributed by atoms with Crippen molar-refractivity contribution < 1.29 is 9.53 Å². The van der Waals surface area contributed by atoms with Gasteiger partial charge in [0.1, 0.15) is 5.75 Å². The molecule has 0 radical (unpaired) electrons. The Labute approximate surface area is 163 Å². The number of carbonyl (C=O) groups is 1. The highest BCUT2D eigenvalue weighted by Crippen LogP contribution is 2.23. The number of benzene rings is 2. The zero-order chi connectivity index (χ0) is 19.1. The van der Waals surface area contributed by atoms with Crippen molar-refractivity contribution >= 4 is 23.4 Å². The number of nitrogens with one attached hydrogen (secondary N) is 1. The number of ether oxygens (including phenoxy) is 1. The van der Waals surface area contributed by atoms with Crippen LogP contribution in [0.15, 0.2) is 59.8 Å². The molecule has 3 aromatic rings. The van der Waals surface area contributed by atoms with E-state index in [-0.39, 0.29) is 5.91 Å². The number of thioether (sulfide) groups is 1. The molecular weight excluding hydrogens is 360 g/mol. The Balaban J connectivity index is 1.49. The van der Waals surface area contributed by atoms with Crippen LogP contribution in [0.3, 0.4) is 0 Å². The lowest BCUT2D eigenvalue weighted by Crippen LogP contribution is -2.12. The highest BCUT2D eigenvalue weighted by atomic mass is 32.2. The van der Waals surface area contributed by atoms with E-state index in [1.807, 2.05) is 73.1 Å². The molecule has 0 fully saturated rings. The molecule has 2 aromatic carbocycles. The van der Waals surface area contributed by atoms with Crippen LogP contribution < -0.4 is 10.1 Å². The molecule has 0 saturated carbocycles. The van der Waals surface area contributed by atoms with Crippen molar-refractivity contribution in [3.8, 4) is 17.1 Å². The van der Waals surface area contributed by atoms with Crippen LogP contribution in [0.2, 0.25) is 0 Å². The van der Waals surface area contributed by atoms with Crippen LogP contribution in [0.1, 0.15) is 13.3 Å². The lowest BCUT2D eigenvalue weighted by molar-refractivity contribution is -0.115. The molecule has 0 aliphatic carbocycles. The van der Waals surface area contributed by atoms with Crippen molar-refractivity contribution in [2.75, 3.05) is 17.7 Å². The SMILES string of the molecule is CCOc1ccc(NC(=O)CCSc2nnc(-c3ccccc3)n2C)cc1. The third-order valence-corrected chi connectivity index (χ3v) is 4.90. The molecule has 1 aromatic heterocycles.